The van der Waals surface area contributed by atoms with Gasteiger partial charge in [-0.3, -0.25) is 0 Å². The Morgan fingerprint density at radius 3 is 0.900 bits per heavy atom. The first-order valence-corrected chi connectivity index (χ1v) is 11.3. The van der Waals surface area contributed by atoms with Crippen molar-refractivity contribution < 1.29 is 48.8 Å². The van der Waals surface area contributed by atoms with Gasteiger partial charge in [0.05, 0.1) is 0 Å². The van der Waals surface area contributed by atoms with Crippen molar-refractivity contribution >= 4 is 37.1 Å². The van der Waals surface area contributed by atoms with Crippen LogP contribution in [-0.4, -0.2) is 29.4 Å². The van der Waals surface area contributed by atoms with E-state index in [1.807, 2.05) is 0 Å². The maximum absolute atomic E-state index is 7.56. The molecule has 0 aromatic rings. The summed E-state index contributed by atoms with van der Waals surface area (Å²) >= 11 is 7.21. The predicted octanol–water partition coefficient (Wildman–Crippen LogP) is 2.13. The summed E-state index contributed by atoms with van der Waals surface area (Å²) in [6.45, 7) is -3.08. The minimum Gasteiger partial charge on any atom is -0.325 e. The van der Waals surface area contributed by atoms with E-state index in [2.05, 4.69) is 37.5 Å². The molecule has 122 valence electrons. The minimum atomic E-state index is -3.81. The smallest absolute Gasteiger partial charge is 0.319 e. The maximum atomic E-state index is 7.56. The molecule has 0 heterocycles. The molecule has 0 aliphatic rings. The summed E-state index contributed by atoms with van der Waals surface area (Å²) in [4.78, 5) is 45.3. The van der Waals surface area contributed by atoms with Crippen LogP contribution in [0.2, 0.25) is 0 Å². The molecule has 0 saturated carbocycles. The maximum Gasteiger partial charge on any atom is 0.319 e. The van der Waals surface area contributed by atoms with E-state index < -0.39 is 13.4 Å². The largest absolute Gasteiger partial charge is 0.325 e. The average Bonchev–Trinajstić information content (AvgIpc) is 2.12. The van der Waals surface area contributed by atoms with Gasteiger partial charge in [0, 0.05) is 19.5 Å². The first-order chi connectivity index (χ1) is 8.41. The fraction of sp³-hybridized carbons (Fsp3) is 1.00. The van der Waals surface area contributed by atoms with Gasteiger partial charge in [-0.05, 0) is 23.6 Å². The summed E-state index contributed by atoms with van der Waals surface area (Å²) in [6.07, 6.45) is 9.97. The third-order valence-corrected chi connectivity index (χ3v) is 1.71. The van der Waals surface area contributed by atoms with Crippen LogP contribution < -0.4 is 0 Å². The summed E-state index contributed by atoms with van der Waals surface area (Å²) in [5.41, 5.74) is 0. The van der Waals surface area contributed by atoms with Gasteiger partial charge in [-0.25, -0.2) is 0 Å². The Morgan fingerprint density at radius 1 is 0.600 bits per heavy atom. The second-order valence-electron chi connectivity index (χ2n) is 3.79. The first-order valence-electron chi connectivity index (χ1n) is 5.98. The summed E-state index contributed by atoms with van der Waals surface area (Å²) in [7, 11) is 0. The van der Waals surface area contributed by atoms with Crippen molar-refractivity contribution in [3.8, 4) is 0 Å². The van der Waals surface area contributed by atoms with Gasteiger partial charge in [-0.1, -0.05) is 58.8 Å². The molecule has 0 atom stereocenters. The molecule has 6 nitrogen and oxygen atoms in total. The van der Waals surface area contributed by atoms with E-state index in [-0.39, 0.29) is 19.5 Å². The van der Waals surface area contributed by atoms with Gasteiger partial charge in [-0.2, -0.15) is 0 Å². The molecule has 0 saturated heterocycles. The molecule has 6 N–H and O–H groups in total. The van der Waals surface area contributed by atoms with Crippen molar-refractivity contribution in [3.05, 3.63) is 0 Å². The Bertz CT molecular complexity index is 229. The topological polar surface area (TPSA) is 121 Å². The normalized spacial score (nSPS) is 10.4. The Morgan fingerprint density at radius 2 is 0.750 bits per heavy atom. The Hall–Kier alpha value is 1.68. The number of unbranched alkanes of at least 4 members (excludes halogenated alkanes) is 6. The molecule has 0 aliphatic carbocycles. The zero-order chi connectivity index (χ0) is 15.9. The third kappa shape index (κ3) is 116. The van der Waals surface area contributed by atoms with E-state index >= 15 is 0 Å². The van der Waals surface area contributed by atoms with E-state index in [0.29, 0.717) is 0 Å². The summed E-state index contributed by atoms with van der Waals surface area (Å²) < 4.78 is 0. The minimum absolute atomic E-state index is 0. The molecule has 0 unspecified atom stereocenters. The fourth-order valence-corrected chi connectivity index (χ4v) is 1.03. The summed E-state index contributed by atoms with van der Waals surface area (Å²) in [6, 6.07) is 0. The molecule has 0 spiro atoms. The van der Waals surface area contributed by atoms with Crippen molar-refractivity contribution in [1.82, 2.24) is 0 Å². The van der Waals surface area contributed by atoms with Gasteiger partial charge in [-0.15, -0.1) is 0 Å². The van der Waals surface area contributed by atoms with E-state index in [4.69, 9.17) is 29.4 Å². The van der Waals surface area contributed by atoms with Crippen LogP contribution in [0.25, 0.3) is 0 Å². The van der Waals surface area contributed by atoms with E-state index in [0.717, 1.165) is 0 Å². The van der Waals surface area contributed by atoms with Crippen LogP contribution in [0, 0.1) is 0 Å². The number of hydrogen-bond donors (Lipinski definition) is 6. The van der Waals surface area contributed by atoms with Gasteiger partial charge >= 0.3 is 13.4 Å². The van der Waals surface area contributed by atoms with Crippen molar-refractivity contribution in [2.75, 3.05) is 0 Å². The van der Waals surface area contributed by atoms with Crippen molar-refractivity contribution in [2.45, 2.75) is 58.8 Å². The molecular formula is C9H26O6P2S2Zn. The zero-order valence-electron chi connectivity index (χ0n) is 12.1. The van der Waals surface area contributed by atoms with Crippen LogP contribution in [-0.2, 0) is 43.1 Å². The fourth-order valence-electron chi connectivity index (χ4n) is 1.03. The van der Waals surface area contributed by atoms with Crippen LogP contribution in [0.4, 0.5) is 0 Å². The first kappa shape index (κ1) is 29.7. The standard InChI is InChI=1S/C9H20.2H3O3PS.Zn/c1-3-5-7-9-8-6-4-2;2*1-4(2,3)5;/h3-9H2,1-2H3;2*(H3,1,2,3,5);. The van der Waals surface area contributed by atoms with Gasteiger partial charge in [0.1, 0.15) is 0 Å². The Balaban J connectivity index is -0.000000101. The van der Waals surface area contributed by atoms with Gasteiger partial charge in [0.25, 0.3) is 0 Å². The van der Waals surface area contributed by atoms with Gasteiger partial charge in [0.2, 0.25) is 0 Å². The van der Waals surface area contributed by atoms with Crippen LogP contribution in [0.15, 0.2) is 0 Å². The molecule has 0 aromatic carbocycles. The Labute approximate surface area is 144 Å². The molecule has 11 heteroatoms. The second-order valence-corrected chi connectivity index (χ2v) is 8.79. The molecule has 0 rings (SSSR count). The third-order valence-electron chi connectivity index (χ3n) is 1.71. The van der Waals surface area contributed by atoms with E-state index in [1.54, 1.807) is 0 Å². The van der Waals surface area contributed by atoms with E-state index in [1.165, 1.54) is 44.9 Å². The molecular weight excluding hydrogens is 396 g/mol. The van der Waals surface area contributed by atoms with Crippen LogP contribution >= 0.6 is 13.4 Å². The van der Waals surface area contributed by atoms with E-state index in [9.17, 15) is 0 Å². The van der Waals surface area contributed by atoms with Gasteiger partial charge in [0.15, 0.2) is 0 Å². The van der Waals surface area contributed by atoms with Crippen molar-refractivity contribution in [1.29, 1.82) is 0 Å². The molecule has 0 aromatic heterocycles. The van der Waals surface area contributed by atoms with Crippen LogP contribution in [0.3, 0.4) is 0 Å². The SMILES string of the molecule is CCCCCCCCC.OP(O)(O)=S.OP(O)(O)=S.[Zn]. The molecule has 0 amide bonds. The van der Waals surface area contributed by atoms with Gasteiger partial charge < -0.3 is 29.4 Å². The van der Waals surface area contributed by atoms with Crippen LogP contribution in [0.1, 0.15) is 58.8 Å². The predicted molar refractivity (Wildman–Crippen MR) is 85.5 cm³/mol. The average molecular weight is 422 g/mol. The molecule has 0 radical (unpaired) electrons. The number of rotatable bonds is 6. The Kier molecular flexibility index (Phi) is 27.8. The monoisotopic (exact) mass is 420 g/mol. The summed E-state index contributed by atoms with van der Waals surface area (Å²) in [5.74, 6) is 0. The molecule has 0 aliphatic heterocycles. The van der Waals surface area contributed by atoms with Crippen LogP contribution in [0.5, 0.6) is 0 Å². The van der Waals surface area contributed by atoms with Crippen molar-refractivity contribution in [3.63, 3.8) is 0 Å². The summed E-state index contributed by atoms with van der Waals surface area (Å²) in [5, 5.41) is 0. The zero-order valence-corrected chi connectivity index (χ0v) is 18.4. The molecule has 0 bridgehead atoms. The second kappa shape index (κ2) is 18.7. The molecule has 0 fully saturated rings. The van der Waals surface area contributed by atoms with Crippen molar-refractivity contribution in [2.24, 2.45) is 0 Å². The number of hydrogen-bond acceptors (Lipinski definition) is 2. The molecule has 20 heavy (non-hydrogen) atoms. The quantitative estimate of drug-likeness (QED) is 0.219.